The highest BCUT2D eigenvalue weighted by Gasteiger charge is 2.37. The average Bonchev–Trinajstić information content (AvgIpc) is 3.32. The highest BCUT2D eigenvalue weighted by atomic mass is 32.1. The van der Waals surface area contributed by atoms with Gasteiger partial charge in [-0.15, -0.1) is 11.3 Å². The van der Waals surface area contributed by atoms with Crippen LogP contribution in [0.2, 0.25) is 0 Å². The van der Waals surface area contributed by atoms with E-state index < -0.39 is 0 Å². The third-order valence-electron chi connectivity index (χ3n) is 6.03. The number of nitrogens with zero attached hydrogens (tertiary/aromatic N) is 2. The Morgan fingerprint density at radius 3 is 2.63 bits per heavy atom. The van der Waals surface area contributed by atoms with Crippen molar-refractivity contribution in [2.45, 2.75) is 39.3 Å². The zero-order valence-corrected chi connectivity index (χ0v) is 19.6. The minimum atomic E-state index is 0.0545. The van der Waals surface area contributed by atoms with Crippen LogP contribution >= 0.6 is 11.3 Å². The molecule has 164 valence electrons. The Balaban J connectivity index is 1.86. The third-order valence-corrected chi connectivity index (χ3v) is 7.04. The second kappa shape index (κ2) is 10.4. The van der Waals surface area contributed by atoms with Crippen LogP contribution in [0.1, 0.15) is 35.8 Å². The number of thiophene rings is 1. The summed E-state index contributed by atoms with van der Waals surface area (Å²) in [6, 6.07) is 10.6. The molecule has 0 N–H and O–H groups in total. The molecule has 0 bridgehead atoms. The SMILES string of the molecule is COCC(=O)N(CC1CN(Cc2sccc2C)CC1c1ccccc1OC)C(C)C. The zero-order chi connectivity index (χ0) is 21.7. The van der Waals surface area contributed by atoms with Gasteiger partial charge in [-0.1, -0.05) is 18.2 Å². The van der Waals surface area contributed by atoms with Crippen molar-refractivity contribution in [3.05, 3.63) is 51.7 Å². The van der Waals surface area contributed by atoms with Gasteiger partial charge in [0, 0.05) is 50.1 Å². The molecule has 30 heavy (non-hydrogen) atoms. The van der Waals surface area contributed by atoms with Gasteiger partial charge in [-0.05, 0) is 55.3 Å². The molecular formula is C24H34N2O3S. The second-order valence-electron chi connectivity index (χ2n) is 8.40. The standard InChI is InChI=1S/C24H34N2O3S/c1-17(2)26(24(27)16-28-4)13-19-12-25(15-23-18(3)10-11-30-23)14-21(19)20-8-6-7-9-22(20)29-5/h6-11,17,19,21H,12-16H2,1-5H3. The van der Waals surface area contributed by atoms with Crippen LogP contribution in [0.5, 0.6) is 5.75 Å². The lowest BCUT2D eigenvalue weighted by atomic mass is 9.87. The maximum Gasteiger partial charge on any atom is 0.248 e. The van der Waals surface area contributed by atoms with E-state index in [1.165, 1.54) is 16.0 Å². The van der Waals surface area contributed by atoms with Crippen LogP contribution in [-0.4, -0.2) is 62.2 Å². The summed E-state index contributed by atoms with van der Waals surface area (Å²) in [5.74, 6) is 1.64. The van der Waals surface area contributed by atoms with Crippen LogP contribution in [0.3, 0.4) is 0 Å². The largest absolute Gasteiger partial charge is 0.496 e. The van der Waals surface area contributed by atoms with E-state index in [9.17, 15) is 4.79 Å². The van der Waals surface area contributed by atoms with Crippen LogP contribution in [0.4, 0.5) is 0 Å². The molecule has 0 radical (unpaired) electrons. The smallest absolute Gasteiger partial charge is 0.248 e. The summed E-state index contributed by atoms with van der Waals surface area (Å²) in [6.45, 7) is 10.1. The molecule has 0 saturated carbocycles. The van der Waals surface area contributed by atoms with Gasteiger partial charge < -0.3 is 14.4 Å². The summed E-state index contributed by atoms with van der Waals surface area (Å²) in [6.07, 6.45) is 0. The summed E-state index contributed by atoms with van der Waals surface area (Å²) in [4.78, 5) is 18.6. The van der Waals surface area contributed by atoms with Gasteiger partial charge in [0.2, 0.25) is 5.91 Å². The first-order valence-corrected chi connectivity index (χ1v) is 11.5. The van der Waals surface area contributed by atoms with Crippen molar-refractivity contribution in [2.24, 2.45) is 5.92 Å². The predicted molar refractivity (Wildman–Crippen MR) is 122 cm³/mol. The molecule has 1 fully saturated rings. The quantitative estimate of drug-likeness (QED) is 0.599. The van der Waals surface area contributed by atoms with E-state index >= 15 is 0 Å². The lowest BCUT2D eigenvalue weighted by molar-refractivity contribution is -0.137. The molecule has 0 aliphatic carbocycles. The highest BCUT2D eigenvalue weighted by Crippen LogP contribution is 2.39. The van der Waals surface area contributed by atoms with E-state index in [0.29, 0.717) is 11.8 Å². The summed E-state index contributed by atoms with van der Waals surface area (Å²) < 4.78 is 10.8. The molecule has 1 aromatic heterocycles. The molecule has 1 aliphatic rings. The summed E-state index contributed by atoms with van der Waals surface area (Å²) >= 11 is 1.83. The Hall–Kier alpha value is -1.89. The number of para-hydroxylation sites is 1. The van der Waals surface area contributed by atoms with Crippen LogP contribution in [0.25, 0.3) is 0 Å². The van der Waals surface area contributed by atoms with Gasteiger partial charge in [-0.3, -0.25) is 9.69 Å². The Bertz CT molecular complexity index is 835. The molecule has 1 amide bonds. The number of hydrogen-bond acceptors (Lipinski definition) is 5. The fraction of sp³-hybridized carbons (Fsp3) is 0.542. The molecule has 2 aromatic rings. The van der Waals surface area contributed by atoms with E-state index in [1.807, 2.05) is 28.4 Å². The van der Waals surface area contributed by atoms with Gasteiger partial charge in [-0.25, -0.2) is 0 Å². The molecule has 1 saturated heterocycles. The monoisotopic (exact) mass is 430 g/mol. The van der Waals surface area contributed by atoms with Crippen LogP contribution in [-0.2, 0) is 16.1 Å². The fourth-order valence-electron chi connectivity index (χ4n) is 4.43. The molecular weight excluding hydrogens is 396 g/mol. The first-order valence-electron chi connectivity index (χ1n) is 10.6. The Morgan fingerprint density at radius 2 is 2.00 bits per heavy atom. The minimum absolute atomic E-state index is 0.0545. The summed E-state index contributed by atoms with van der Waals surface area (Å²) in [5.41, 5.74) is 2.59. The van der Waals surface area contributed by atoms with Gasteiger partial charge in [0.15, 0.2) is 0 Å². The third kappa shape index (κ3) is 5.23. The normalized spacial score (nSPS) is 19.4. The molecule has 0 spiro atoms. The number of ether oxygens (including phenoxy) is 2. The molecule has 2 atom stereocenters. The number of carbonyl (C=O) groups excluding carboxylic acids is 1. The Labute approximate surface area is 184 Å². The summed E-state index contributed by atoms with van der Waals surface area (Å²) in [5, 5.41) is 2.17. The fourth-order valence-corrected chi connectivity index (χ4v) is 5.38. The van der Waals surface area contributed by atoms with Crippen molar-refractivity contribution >= 4 is 17.2 Å². The molecule has 2 unspecified atom stereocenters. The van der Waals surface area contributed by atoms with Gasteiger partial charge in [0.25, 0.3) is 0 Å². The molecule has 3 rings (SSSR count). The van der Waals surface area contributed by atoms with Crippen LogP contribution in [0.15, 0.2) is 35.7 Å². The van der Waals surface area contributed by atoms with E-state index in [4.69, 9.17) is 9.47 Å². The van der Waals surface area contributed by atoms with E-state index in [0.717, 1.165) is 31.9 Å². The van der Waals surface area contributed by atoms with E-state index in [2.05, 4.69) is 49.3 Å². The first-order chi connectivity index (χ1) is 14.4. The zero-order valence-electron chi connectivity index (χ0n) is 18.8. The number of methoxy groups -OCH3 is 2. The number of rotatable bonds is 9. The number of benzene rings is 1. The topological polar surface area (TPSA) is 42.0 Å². The van der Waals surface area contributed by atoms with Crippen LogP contribution < -0.4 is 4.74 Å². The number of hydrogen-bond donors (Lipinski definition) is 0. The van der Waals surface area contributed by atoms with Crippen molar-refractivity contribution in [1.29, 1.82) is 0 Å². The highest BCUT2D eigenvalue weighted by molar-refractivity contribution is 7.10. The number of carbonyl (C=O) groups is 1. The Morgan fingerprint density at radius 1 is 1.23 bits per heavy atom. The lowest BCUT2D eigenvalue weighted by Gasteiger charge is -2.31. The van der Waals surface area contributed by atoms with Crippen molar-refractivity contribution in [3.63, 3.8) is 0 Å². The van der Waals surface area contributed by atoms with Crippen LogP contribution in [0, 0.1) is 12.8 Å². The maximum atomic E-state index is 12.7. The average molecular weight is 431 g/mol. The molecule has 1 aromatic carbocycles. The van der Waals surface area contributed by atoms with E-state index in [1.54, 1.807) is 14.2 Å². The Kier molecular flexibility index (Phi) is 7.92. The van der Waals surface area contributed by atoms with Gasteiger partial charge in [0.1, 0.15) is 12.4 Å². The van der Waals surface area contributed by atoms with Crippen molar-refractivity contribution in [1.82, 2.24) is 9.80 Å². The summed E-state index contributed by atoms with van der Waals surface area (Å²) in [7, 11) is 3.31. The molecule has 6 heteroatoms. The minimum Gasteiger partial charge on any atom is -0.496 e. The van der Waals surface area contributed by atoms with Gasteiger partial charge in [-0.2, -0.15) is 0 Å². The number of aryl methyl sites for hydroxylation is 1. The van der Waals surface area contributed by atoms with E-state index in [-0.39, 0.29) is 18.6 Å². The number of amides is 1. The van der Waals surface area contributed by atoms with Gasteiger partial charge >= 0.3 is 0 Å². The van der Waals surface area contributed by atoms with Crippen molar-refractivity contribution in [2.75, 3.05) is 40.5 Å². The van der Waals surface area contributed by atoms with Crippen molar-refractivity contribution in [3.8, 4) is 5.75 Å². The lowest BCUT2D eigenvalue weighted by Crippen LogP contribution is -2.43. The second-order valence-corrected chi connectivity index (χ2v) is 9.40. The molecule has 5 nitrogen and oxygen atoms in total. The maximum absolute atomic E-state index is 12.7. The first kappa shape index (κ1) is 22.8. The van der Waals surface area contributed by atoms with Crippen molar-refractivity contribution < 1.29 is 14.3 Å². The van der Waals surface area contributed by atoms with Gasteiger partial charge in [0.05, 0.1) is 7.11 Å². The molecule has 2 heterocycles. The predicted octanol–water partition coefficient (Wildman–Crippen LogP) is 4.16. The molecule has 1 aliphatic heterocycles. The number of likely N-dealkylation sites (tertiary alicyclic amines) is 1.